The first kappa shape index (κ1) is 15.6. The van der Waals surface area contributed by atoms with Crippen LogP contribution in [-0.4, -0.2) is 27.5 Å². The van der Waals surface area contributed by atoms with Crippen LogP contribution in [0.5, 0.6) is 5.75 Å². The molecule has 1 aliphatic rings. The van der Waals surface area contributed by atoms with Gasteiger partial charge in [0.15, 0.2) is 0 Å². The predicted octanol–water partition coefficient (Wildman–Crippen LogP) is 3.89. The van der Waals surface area contributed by atoms with E-state index in [-0.39, 0.29) is 11.7 Å². The Balaban J connectivity index is 1.61. The van der Waals surface area contributed by atoms with Crippen LogP contribution in [0.25, 0.3) is 33.3 Å². The largest absolute Gasteiger partial charge is 0.507 e. The van der Waals surface area contributed by atoms with Crippen LogP contribution in [0.2, 0.25) is 0 Å². The first-order valence-electron chi connectivity index (χ1n) is 8.88. The van der Waals surface area contributed by atoms with Gasteiger partial charge in [0.05, 0.1) is 11.1 Å². The molecule has 5 rings (SSSR count). The maximum atomic E-state index is 12.0. The van der Waals surface area contributed by atoms with Crippen molar-refractivity contribution in [3.63, 3.8) is 0 Å². The number of phenolic OH excluding ortho intramolecular Hbond substituents is 1. The fourth-order valence-electron chi connectivity index (χ4n) is 3.60. The molecule has 0 fully saturated rings. The Morgan fingerprint density at radius 1 is 0.963 bits per heavy atom. The van der Waals surface area contributed by atoms with E-state index >= 15 is 0 Å². The Bertz CT molecular complexity index is 1190. The number of aromatic amines is 1. The van der Waals surface area contributed by atoms with Gasteiger partial charge in [-0.15, -0.1) is 0 Å². The number of aromatic hydroxyl groups is 1. The van der Waals surface area contributed by atoms with Crippen molar-refractivity contribution in [2.75, 3.05) is 6.54 Å². The summed E-state index contributed by atoms with van der Waals surface area (Å²) in [7, 11) is 0. The van der Waals surface area contributed by atoms with Gasteiger partial charge < -0.3 is 15.4 Å². The molecule has 0 saturated heterocycles. The Labute approximate surface area is 155 Å². The zero-order valence-electron chi connectivity index (χ0n) is 14.5. The summed E-state index contributed by atoms with van der Waals surface area (Å²) in [6.45, 7) is 0.648. The third-order valence-electron chi connectivity index (χ3n) is 5.01. The number of carbonyl (C=O) groups is 1. The molecule has 4 aromatic rings. The number of pyridine rings is 1. The average molecular weight is 355 g/mol. The number of carbonyl (C=O) groups excluding carboxylic acids is 1. The van der Waals surface area contributed by atoms with Crippen LogP contribution < -0.4 is 5.32 Å². The van der Waals surface area contributed by atoms with Crippen molar-refractivity contribution in [2.24, 2.45) is 0 Å². The van der Waals surface area contributed by atoms with Crippen LogP contribution in [0.15, 0.2) is 60.8 Å². The first-order valence-corrected chi connectivity index (χ1v) is 8.88. The van der Waals surface area contributed by atoms with Crippen molar-refractivity contribution in [3.05, 3.63) is 72.1 Å². The second-order valence-electron chi connectivity index (χ2n) is 6.73. The highest BCUT2D eigenvalue weighted by Gasteiger charge is 2.20. The normalized spacial score (nSPS) is 13.4. The lowest BCUT2D eigenvalue weighted by Gasteiger charge is -2.11. The molecule has 0 aliphatic carbocycles. The number of hydrogen-bond acceptors (Lipinski definition) is 3. The van der Waals surface area contributed by atoms with E-state index in [0.717, 1.165) is 39.8 Å². The van der Waals surface area contributed by atoms with Gasteiger partial charge in [0.1, 0.15) is 5.75 Å². The van der Waals surface area contributed by atoms with Gasteiger partial charge in [-0.1, -0.05) is 18.2 Å². The van der Waals surface area contributed by atoms with Crippen molar-refractivity contribution in [3.8, 4) is 28.1 Å². The van der Waals surface area contributed by atoms with Crippen LogP contribution in [0.1, 0.15) is 16.1 Å². The highest BCUT2D eigenvalue weighted by Crippen LogP contribution is 2.35. The van der Waals surface area contributed by atoms with E-state index in [1.165, 1.54) is 0 Å². The summed E-state index contributed by atoms with van der Waals surface area (Å²) in [6.07, 6.45) is 2.56. The maximum Gasteiger partial charge on any atom is 0.253 e. The molecule has 1 amide bonds. The summed E-state index contributed by atoms with van der Waals surface area (Å²) >= 11 is 0. The summed E-state index contributed by atoms with van der Waals surface area (Å²) in [5.74, 6) is 0.154. The Kier molecular flexibility index (Phi) is 3.47. The molecule has 27 heavy (non-hydrogen) atoms. The fourth-order valence-corrected chi connectivity index (χ4v) is 3.60. The maximum absolute atomic E-state index is 12.0. The molecule has 132 valence electrons. The van der Waals surface area contributed by atoms with Crippen molar-refractivity contribution < 1.29 is 9.90 Å². The van der Waals surface area contributed by atoms with E-state index < -0.39 is 0 Å². The fraction of sp³-hybridized carbons (Fsp3) is 0.0909. The molecule has 1 aliphatic heterocycles. The van der Waals surface area contributed by atoms with Gasteiger partial charge in [-0.2, -0.15) is 0 Å². The topological polar surface area (TPSA) is 78.0 Å². The molecule has 0 bridgehead atoms. The molecule has 0 saturated carbocycles. The number of benzene rings is 2. The molecule has 0 spiro atoms. The number of fused-ring (bicyclic) bond motifs is 2. The molecule has 2 aromatic heterocycles. The summed E-state index contributed by atoms with van der Waals surface area (Å²) in [5, 5.41) is 14.3. The third-order valence-corrected chi connectivity index (χ3v) is 5.01. The number of nitrogens with one attached hydrogen (secondary N) is 2. The number of aromatic nitrogens is 2. The van der Waals surface area contributed by atoms with E-state index in [9.17, 15) is 9.90 Å². The standard InChI is InChI=1S/C22H17N3O2/c26-21-6-5-14(20-11-17-19(25-20)7-8-23-22(17)27)10-16(21)15-9-13-3-1-2-4-18(13)24-12-15/h1-6,9-12,25-26H,7-8H2,(H,23,27). The van der Waals surface area contributed by atoms with Crippen LogP contribution in [0.3, 0.4) is 0 Å². The quantitative estimate of drug-likeness (QED) is 0.510. The first-order chi connectivity index (χ1) is 13.2. The number of rotatable bonds is 2. The minimum absolute atomic E-state index is 0.0449. The summed E-state index contributed by atoms with van der Waals surface area (Å²) in [4.78, 5) is 19.9. The smallest absolute Gasteiger partial charge is 0.253 e. The number of para-hydroxylation sites is 1. The Hall–Kier alpha value is -3.60. The highest BCUT2D eigenvalue weighted by molar-refractivity contribution is 5.98. The lowest BCUT2D eigenvalue weighted by Crippen LogP contribution is -2.31. The van der Waals surface area contributed by atoms with Crippen molar-refractivity contribution in [2.45, 2.75) is 6.42 Å². The minimum atomic E-state index is -0.0449. The molecule has 5 heteroatoms. The van der Waals surface area contributed by atoms with Gasteiger partial charge in [0.2, 0.25) is 0 Å². The van der Waals surface area contributed by atoms with Crippen LogP contribution in [-0.2, 0) is 6.42 Å². The second kappa shape index (κ2) is 5.99. The van der Waals surface area contributed by atoms with Gasteiger partial charge in [-0.3, -0.25) is 9.78 Å². The SMILES string of the molecule is O=C1NCCc2[nH]c(-c3ccc(O)c(-c4cnc5ccccc5c4)c3)cc21. The molecule has 2 aromatic carbocycles. The van der Waals surface area contributed by atoms with Gasteiger partial charge in [-0.25, -0.2) is 0 Å². The number of nitrogens with zero attached hydrogens (tertiary/aromatic N) is 1. The number of H-pyrrole nitrogens is 1. The highest BCUT2D eigenvalue weighted by atomic mass is 16.3. The molecule has 3 heterocycles. The van der Waals surface area contributed by atoms with Gasteiger partial charge in [-0.05, 0) is 42.0 Å². The lowest BCUT2D eigenvalue weighted by molar-refractivity contribution is 0.0946. The molecule has 5 nitrogen and oxygen atoms in total. The molecule has 0 atom stereocenters. The second-order valence-corrected chi connectivity index (χ2v) is 6.73. The monoisotopic (exact) mass is 355 g/mol. The van der Waals surface area contributed by atoms with Crippen molar-refractivity contribution in [1.82, 2.24) is 15.3 Å². The average Bonchev–Trinajstić information content (AvgIpc) is 3.14. The van der Waals surface area contributed by atoms with E-state index in [0.29, 0.717) is 17.7 Å². The zero-order chi connectivity index (χ0) is 18.4. The predicted molar refractivity (Wildman–Crippen MR) is 105 cm³/mol. The number of phenols is 1. The summed E-state index contributed by atoms with van der Waals surface area (Å²) in [5.41, 5.74) is 5.91. The van der Waals surface area contributed by atoms with E-state index in [1.54, 1.807) is 12.3 Å². The van der Waals surface area contributed by atoms with E-state index in [2.05, 4.69) is 15.3 Å². The molecular formula is C22H17N3O2. The van der Waals surface area contributed by atoms with Crippen molar-refractivity contribution in [1.29, 1.82) is 0 Å². The summed E-state index contributed by atoms with van der Waals surface area (Å²) in [6, 6.07) is 17.2. The molecule has 0 radical (unpaired) electrons. The van der Waals surface area contributed by atoms with Crippen LogP contribution >= 0.6 is 0 Å². The molecule has 3 N–H and O–H groups in total. The number of hydrogen-bond donors (Lipinski definition) is 3. The van der Waals surface area contributed by atoms with Crippen LogP contribution in [0.4, 0.5) is 0 Å². The van der Waals surface area contributed by atoms with Crippen LogP contribution in [0, 0.1) is 0 Å². The van der Waals surface area contributed by atoms with Crippen molar-refractivity contribution >= 4 is 16.8 Å². The zero-order valence-corrected chi connectivity index (χ0v) is 14.5. The van der Waals surface area contributed by atoms with Gasteiger partial charge in [0, 0.05) is 47.1 Å². The van der Waals surface area contributed by atoms with Gasteiger partial charge in [0.25, 0.3) is 5.91 Å². The minimum Gasteiger partial charge on any atom is -0.507 e. The summed E-state index contributed by atoms with van der Waals surface area (Å²) < 4.78 is 0. The number of amides is 1. The third kappa shape index (κ3) is 2.64. The van der Waals surface area contributed by atoms with E-state index in [1.807, 2.05) is 48.5 Å². The Morgan fingerprint density at radius 3 is 2.74 bits per heavy atom. The molecular weight excluding hydrogens is 338 g/mol. The lowest BCUT2D eigenvalue weighted by atomic mass is 10.0. The van der Waals surface area contributed by atoms with Gasteiger partial charge >= 0.3 is 0 Å². The van der Waals surface area contributed by atoms with E-state index in [4.69, 9.17) is 0 Å². The molecule has 0 unspecified atom stereocenters. The Morgan fingerprint density at radius 2 is 1.85 bits per heavy atom.